The highest BCUT2D eigenvalue weighted by molar-refractivity contribution is 5.83. The van der Waals surface area contributed by atoms with Crippen molar-refractivity contribution < 1.29 is 4.39 Å². The predicted octanol–water partition coefficient (Wildman–Crippen LogP) is 4.22. The second-order valence-corrected chi connectivity index (χ2v) is 4.28. The summed E-state index contributed by atoms with van der Waals surface area (Å²) in [6.07, 6.45) is 2.96. The summed E-state index contributed by atoms with van der Waals surface area (Å²) in [5.74, 6) is -0.166. The van der Waals surface area contributed by atoms with Gasteiger partial charge in [-0.3, -0.25) is 0 Å². The second-order valence-electron chi connectivity index (χ2n) is 4.28. The maximum atomic E-state index is 13.2. The standard InChI is InChI=1S/C14H19FN2.C2H6/c1-3-17(4-2)8-7-11-10-16-14-6-5-12(15)9-13(11)14;1-2/h5-6,9-10,16H,3-4,7-8H2,1-2H3;1-2H3. The van der Waals surface area contributed by atoms with Crippen molar-refractivity contribution in [2.45, 2.75) is 34.1 Å². The van der Waals surface area contributed by atoms with Crippen LogP contribution in [0.5, 0.6) is 0 Å². The fraction of sp³-hybridized carbons (Fsp3) is 0.500. The molecule has 1 N–H and O–H groups in total. The minimum absolute atomic E-state index is 0.166. The molecule has 0 unspecified atom stereocenters. The van der Waals surface area contributed by atoms with Gasteiger partial charge in [0.2, 0.25) is 0 Å². The van der Waals surface area contributed by atoms with Crippen LogP contribution in [0.15, 0.2) is 24.4 Å². The number of rotatable bonds is 5. The Morgan fingerprint density at radius 1 is 1.16 bits per heavy atom. The molecule has 0 saturated carbocycles. The highest BCUT2D eigenvalue weighted by Gasteiger charge is 2.06. The van der Waals surface area contributed by atoms with Crippen molar-refractivity contribution in [1.29, 1.82) is 0 Å². The molecule has 0 aliphatic rings. The number of hydrogen-bond acceptors (Lipinski definition) is 1. The van der Waals surface area contributed by atoms with Crippen LogP contribution in [0.1, 0.15) is 33.3 Å². The molecule has 2 nitrogen and oxygen atoms in total. The summed E-state index contributed by atoms with van der Waals surface area (Å²) in [5.41, 5.74) is 2.22. The Morgan fingerprint density at radius 2 is 1.84 bits per heavy atom. The lowest BCUT2D eigenvalue weighted by molar-refractivity contribution is 0.308. The van der Waals surface area contributed by atoms with Gasteiger partial charge in [-0.1, -0.05) is 27.7 Å². The van der Waals surface area contributed by atoms with Crippen LogP contribution in [-0.4, -0.2) is 29.5 Å². The third-order valence-electron chi connectivity index (χ3n) is 3.32. The first kappa shape index (κ1) is 15.7. The minimum atomic E-state index is -0.166. The van der Waals surface area contributed by atoms with Gasteiger partial charge in [-0.2, -0.15) is 0 Å². The van der Waals surface area contributed by atoms with Gasteiger partial charge in [-0.15, -0.1) is 0 Å². The molecule has 0 bridgehead atoms. The highest BCUT2D eigenvalue weighted by Crippen LogP contribution is 2.19. The molecule has 1 aromatic heterocycles. The molecule has 0 radical (unpaired) electrons. The number of H-pyrrole nitrogens is 1. The summed E-state index contributed by atoms with van der Waals surface area (Å²) < 4.78 is 13.2. The van der Waals surface area contributed by atoms with Crippen molar-refractivity contribution in [3.63, 3.8) is 0 Å². The monoisotopic (exact) mass is 264 g/mol. The van der Waals surface area contributed by atoms with E-state index in [2.05, 4.69) is 23.7 Å². The molecule has 0 atom stereocenters. The molecular formula is C16H25FN2. The summed E-state index contributed by atoms with van der Waals surface area (Å²) in [6.45, 7) is 11.5. The van der Waals surface area contributed by atoms with E-state index in [-0.39, 0.29) is 5.82 Å². The molecule has 0 spiro atoms. The second kappa shape index (κ2) is 7.95. The number of likely N-dealkylation sites (N-methyl/N-ethyl adjacent to an activating group) is 1. The van der Waals surface area contributed by atoms with Crippen molar-refractivity contribution in [3.8, 4) is 0 Å². The van der Waals surface area contributed by atoms with Crippen molar-refractivity contribution in [2.24, 2.45) is 0 Å². The van der Waals surface area contributed by atoms with Gasteiger partial charge in [-0.05, 0) is 43.3 Å². The van der Waals surface area contributed by atoms with Crippen LogP contribution in [0.3, 0.4) is 0 Å². The molecule has 19 heavy (non-hydrogen) atoms. The molecule has 2 rings (SSSR count). The zero-order valence-electron chi connectivity index (χ0n) is 12.5. The van der Waals surface area contributed by atoms with E-state index in [0.717, 1.165) is 37.0 Å². The number of aromatic amines is 1. The van der Waals surface area contributed by atoms with Gasteiger partial charge in [0.05, 0.1) is 0 Å². The minimum Gasteiger partial charge on any atom is -0.361 e. The predicted molar refractivity (Wildman–Crippen MR) is 81.1 cm³/mol. The Hall–Kier alpha value is -1.35. The fourth-order valence-electron chi connectivity index (χ4n) is 2.18. The molecule has 0 aliphatic heterocycles. The topological polar surface area (TPSA) is 19.0 Å². The maximum Gasteiger partial charge on any atom is 0.123 e. The Balaban J connectivity index is 0.000000861. The van der Waals surface area contributed by atoms with Crippen LogP contribution < -0.4 is 0 Å². The van der Waals surface area contributed by atoms with E-state index in [1.165, 1.54) is 11.6 Å². The van der Waals surface area contributed by atoms with Crippen LogP contribution in [-0.2, 0) is 6.42 Å². The molecule has 1 aromatic carbocycles. The Labute approximate surface area is 115 Å². The molecule has 0 saturated heterocycles. The number of halogens is 1. The molecule has 0 amide bonds. The third kappa shape index (κ3) is 4.06. The van der Waals surface area contributed by atoms with Gasteiger partial charge in [-0.25, -0.2) is 4.39 Å². The van der Waals surface area contributed by atoms with E-state index >= 15 is 0 Å². The van der Waals surface area contributed by atoms with Crippen LogP contribution >= 0.6 is 0 Å². The Bertz CT molecular complexity index is 486. The molecule has 3 heteroatoms. The molecular weight excluding hydrogens is 239 g/mol. The first-order valence-electron chi connectivity index (χ1n) is 7.22. The van der Waals surface area contributed by atoms with E-state index in [4.69, 9.17) is 0 Å². The van der Waals surface area contributed by atoms with Crippen molar-refractivity contribution >= 4 is 10.9 Å². The third-order valence-corrected chi connectivity index (χ3v) is 3.32. The smallest absolute Gasteiger partial charge is 0.123 e. The lowest BCUT2D eigenvalue weighted by Gasteiger charge is -2.17. The van der Waals surface area contributed by atoms with Crippen LogP contribution in [0.25, 0.3) is 10.9 Å². The molecule has 2 aromatic rings. The van der Waals surface area contributed by atoms with Gasteiger partial charge in [0.25, 0.3) is 0 Å². The summed E-state index contributed by atoms with van der Waals surface area (Å²) in [7, 11) is 0. The Kier molecular flexibility index (Phi) is 6.57. The van der Waals surface area contributed by atoms with Gasteiger partial charge >= 0.3 is 0 Å². The summed E-state index contributed by atoms with van der Waals surface area (Å²) >= 11 is 0. The highest BCUT2D eigenvalue weighted by atomic mass is 19.1. The largest absolute Gasteiger partial charge is 0.361 e. The van der Waals surface area contributed by atoms with E-state index in [1.54, 1.807) is 12.1 Å². The first-order valence-corrected chi connectivity index (χ1v) is 7.22. The molecule has 0 fully saturated rings. The van der Waals surface area contributed by atoms with Gasteiger partial charge in [0, 0.05) is 23.6 Å². The zero-order chi connectivity index (χ0) is 14.3. The lowest BCUT2D eigenvalue weighted by Crippen LogP contribution is -2.25. The molecule has 1 heterocycles. The Morgan fingerprint density at radius 3 is 2.47 bits per heavy atom. The number of fused-ring (bicyclic) bond motifs is 1. The normalized spacial score (nSPS) is 10.6. The van der Waals surface area contributed by atoms with E-state index in [0.29, 0.717) is 0 Å². The van der Waals surface area contributed by atoms with Crippen LogP contribution in [0.4, 0.5) is 4.39 Å². The number of aromatic nitrogens is 1. The lowest BCUT2D eigenvalue weighted by atomic mass is 10.1. The number of nitrogens with one attached hydrogen (secondary N) is 1. The maximum absolute atomic E-state index is 13.2. The van der Waals surface area contributed by atoms with E-state index < -0.39 is 0 Å². The van der Waals surface area contributed by atoms with Crippen LogP contribution in [0.2, 0.25) is 0 Å². The summed E-state index contributed by atoms with van der Waals surface area (Å²) in [5, 5.41) is 1.01. The van der Waals surface area contributed by atoms with E-state index in [1.807, 2.05) is 20.0 Å². The van der Waals surface area contributed by atoms with Crippen molar-refractivity contribution in [1.82, 2.24) is 9.88 Å². The first-order chi connectivity index (χ1) is 9.24. The van der Waals surface area contributed by atoms with Crippen molar-refractivity contribution in [2.75, 3.05) is 19.6 Å². The fourth-order valence-corrected chi connectivity index (χ4v) is 2.18. The average molecular weight is 264 g/mol. The summed E-state index contributed by atoms with van der Waals surface area (Å²) in [6, 6.07) is 4.90. The van der Waals surface area contributed by atoms with Gasteiger partial charge < -0.3 is 9.88 Å². The number of hydrogen-bond donors (Lipinski definition) is 1. The van der Waals surface area contributed by atoms with E-state index in [9.17, 15) is 4.39 Å². The molecule has 0 aliphatic carbocycles. The van der Waals surface area contributed by atoms with Gasteiger partial charge in [0.15, 0.2) is 0 Å². The quantitative estimate of drug-likeness (QED) is 0.856. The SMILES string of the molecule is CC.CCN(CC)CCc1c[nH]c2ccc(F)cc12. The number of nitrogens with zero attached hydrogens (tertiary/aromatic N) is 1. The number of benzene rings is 1. The van der Waals surface area contributed by atoms with Gasteiger partial charge in [0.1, 0.15) is 5.82 Å². The van der Waals surface area contributed by atoms with Crippen LogP contribution in [0, 0.1) is 5.82 Å². The zero-order valence-corrected chi connectivity index (χ0v) is 12.5. The average Bonchev–Trinajstić information content (AvgIpc) is 2.85. The molecule has 106 valence electrons. The van der Waals surface area contributed by atoms with Crippen molar-refractivity contribution in [3.05, 3.63) is 35.8 Å². The summed E-state index contributed by atoms with van der Waals surface area (Å²) in [4.78, 5) is 5.56.